The van der Waals surface area contributed by atoms with Crippen molar-refractivity contribution < 1.29 is 14.4 Å². The molecule has 0 spiro atoms. The molecule has 5 nitrogen and oxygen atoms in total. The molecular formula is C24H38N2O3. The molecule has 0 aromatic carbocycles. The molecule has 162 valence electrons. The summed E-state index contributed by atoms with van der Waals surface area (Å²) in [5.41, 5.74) is 1.51. The lowest BCUT2D eigenvalue weighted by atomic mass is 9.44. The molecule has 0 amide bonds. The lowest BCUT2D eigenvalue weighted by Crippen LogP contribution is -2.58. The molecule has 5 fully saturated rings. The van der Waals surface area contributed by atoms with Crippen LogP contribution in [0.15, 0.2) is 5.16 Å². The smallest absolute Gasteiger partial charge is 0.141 e. The Morgan fingerprint density at radius 2 is 1.97 bits per heavy atom. The Bertz CT molecular complexity index is 688. The fourth-order valence-corrected chi connectivity index (χ4v) is 7.97. The molecule has 5 rings (SSSR count). The molecule has 0 radical (unpaired) electrons. The topological polar surface area (TPSA) is 59.9 Å². The number of methoxy groups -OCH3 is 1. The Hall–Kier alpha value is -0.940. The van der Waals surface area contributed by atoms with Gasteiger partial charge in [-0.1, -0.05) is 19.0 Å². The first-order valence-electron chi connectivity index (χ1n) is 11.9. The summed E-state index contributed by atoms with van der Waals surface area (Å²) in [5.74, 6) is 2.87. The molecule has 1 aliphatic heterocycles. The van der Waals surface area contributed by atoms with Crippen LogP contribution in [-0.4, -0.2) is 43.9 Å². The number of nitrogens with zero attached hydrogens (tertiary/aromatic N) is 1. The third kappa shape index (κ3) is 3.10. The minimum absolute atomic E-state index is 0.0917. The largest absolute Gasteiger partial charge is 0.391 e. The van der Waals surface area contributed by atoms with Crippen molar-refractivity contribution in [3.63, 3.8) is 0 Å². The van der Waals surface area contributed by atoms with E-state index in [0.29, 0.717) is 34.9 Å². The van der Waals surface area contributed by atoms with Gasteiger partial charge in [0.05, 0.1) is 11.8 Å². The van der Waals surface area contributed by atoms with Gasteiger partial charge in [0.2, 0.25) is 0 Å². The highest BCUT2D eigenvalue weighted by Gasteiger charge is 2.62. The number of hydrogen-bond acceptors (Lipinski definition) is 5. The summed E-state index contributed by atoms with van der Waals surface area (Å²) >= 11 is 0. The number of Topliss-reactive ketones (excluding diaryl/α,β-unsaturated/α-hetero) is 1. The molecule has 0 bridgehead atoms. The number of carbonyl (C=O) groups excluding carboxylic acids is 1. The number of ether oxygens (including phenoxy) is 1. The van der Waals surface area contributed by atoms with Crippen molar-refractivity contribution in [3.05, 3.63) is 0 Å². The maximum atomic E-state index is 12.7. The first-order valence-corrected chi connectivity index (χ1v) is 11.9. The Balaban J connectivity index is 1.36. The van der Waals surface area contributed by atoms with Crippen molar-refractivity contribution >= 4 is 11.5 Å². The van der Waals surface area contributed by atoms with Crippen LogP contribution in [0.4, 0.5) is 0 Å². The lowest BCUT2D eigenvalue weighted by molar-refractivity contribution is -0.164. The molecule has 1 heterocycles. The van der Waals surface area contributed by atoms with E-state index in [-0.39, 0.29) is 17.6 Å². The van der Waals surface area contributed by atoms with Gasteiger partial charge in [-0.2, -0.15) is 0 Å². The number of nitrogens with one attached hydrogen (secondary N) is 1. The number of ketones is 1. The standard InChI is InChI=1S/C24H38N2O3/c1-23-9-6-16(26-29-17-8-11-25-14-17)12-15(23)13-20(28-3)22-18-4-5-21(27)24(18,2)10-7-19(22)23/h15,17-20,22,25H,4-14H2,1-3H3/t15?,17-,18+,19+,20-,22+,23+,24+/m1/s1. The molecule has 0 aromatic rings. The summed E-state index contributed by atoms with van der Waals surface area (Å²) in [6.07, 6.45) is 10.2. The second-order valence-corrected chi connectivity index (χ2v) is 11.0. The maximum Gasteiger partial charge on any atom is 0.141 e. The van der Waals surface area contributed by atoms with Gasteiger partial charge in [0.25, 0.3) is 0 Å². The van der Waals surface area contributed by atoms with E-state index in [0.717, 1.165) is 58.0 Å². The molecule has 1 N–H and O–H groups in total. The highest BCUT2D eigenvalue weighted by atomic mass is 16.6. The molecule has 8 atom stereocenters. The average Bonchev–Trinajstić information content (AvgIpc) is 3.34. The van der Waals surface area contributed by atoms with Crippen molar-refractivity contribution in [3.8, 4) is 0 Å². The van der Waals surface area contributed by atoms with Gasteiger partial charge in [0, 0.05) is 31.9 Å². The number of hydrogen-bond donors (Lipinski definition) is 1. The zero-order valence-electron chi connectivity index (χ0n) is 18.4. The molecule has 0 aromatic heterocycles. The number of oxime groups is 1. The summed E-state index contributed by atoms with van der Waals surface area (Å²) in [6.45, 7) is 6.76. The molecule has 1 unspecified atom stereocenters. The summed E-state index contributed by atoms with van der Waals surface area (Å²) in [6, 6.07) is 0. The zero-order chi connectivity index (χ0) is 20.2. The van der Waals surface area contributed by atoms with Gasteiger partial charge in [-0.25, -0.2) is 0 Å². The van der Waals surface area contributed by atoms with E-state index in [4.69, 9.17) is 9.57 Å². The average molecular weight is 403 g/mol. The second kappa shape index (κ2) is 7.33. The second-order valence-electron chi connectivity index (χ2n) is 11.0. The van der Waals surface area contributed by atoms with Crippen LogP contribution in [0.2, 0.25) is 0 Å². The van der Waals surface area contributed by atoms with Crippen LogP contribution >= 0.6 is 0 Å². The van der Waals surface area contributed by atoms with Crippen LogP contribution in [0.5, 0.6) is 0 Å². The molecule has 5 aliphatic rings. The van der Waals surface area contributed by atoms with Crippen LogP contribution in [-0.2, 0) is 14.4 Å². The van der Waals surface area contributed by atoms with Crippen LogP contribution in [0.1, 0.15) is 71.6 Å². The Labute approximate surface area is 175 Å². The third-order valence-electron chi connectivity index (χ3n) is 9.85. The first kappa shape index (κ1) is 20.0. The van der Waals surface area contributed by atoms with Crippen LogP contribution < -0.4 is 5.32 Å². The third-order valence-corrected chi connectivity index (χ3v) is 9.85. The van der Waals surface area contributed by atoms with Crippen LogP contribution in [0, 0.1) is 34.5 Å². The van der Waals surface area contributed by atoms with Crippen LogP contribution in [0.3, 0.4) is 0 Å². The predicted octanol–water partition coefficient (Wildman–Crippen LogP) is 3.96. The molecule has 4 saturated carbocycles. The first-order chi connectivity index (χ1) is 14.0. The van der Waals surface area contributed by atoms with Gasteiger partial charge in [-0.3, -0.25) is 4.79 Å². The van der Waals surface area contributed by atoms with Gasteiger partial charge >= 0.3 is 0 Å². The quantitative estimate of drug-likeness (QED) is 0.726. The van der Waals surface area contributed by atoms with Crippen molar-refractivity contribution in [1.29, 1.82) is 0 Å². The zero-order valence-corrected chi connectivity index (χ0v) is 18.4. The van der Waals surface area contributed by atoms with E-state index in [9.17, 15) is 4.79 Å². The summed E-state index contributed by atoms with van der Waals surface area (Å²) < 4.78 is 6.13. The van der Waals surface area contributed by atoms with E-state index in [1.807, 2.05) is 7.11 Å². The fourth-order valence-electron chi connectivity index (χ4n) is 7.97. The SMILES string of the molecule is CO[C@@H]1CC2CC(=NO[C@@H]3CCNC3)CC[C@]2(C)[C@H]2CC[C@]3(C)C(=O)CC[C@H]3[C@H]12. The Morgan fingerprint density at radius 3 is 2.72 bits per heavy atom. The van der Waals surface area contributed by atoms with E-state index in [1.54, 1.807) is 0 Å². The molecule has 1 saturated heterocycles. The molecule has 5 heteroatoms. The van der Waals surface area contributed by atoms with E-state index >= 15 is 0 Å². The Kier molecular flexibility index (Phi) is 5.05. The predicted molar refractivity (Wildman–Crippen MR) is 113 cm³/mol. The van der Waals surface area contributed by atoms with Gasteiger partial charge < -0.3 is 14.9 Å². The highest BCUT2D eigenvalue weighted by Crippen LogP contribution is 2.65. The molecular weight excluding hydrogens is 364 g/mol. The van der Waals surface area contributed by atoms with Crippen molar-refractivity contribution in [2.75, 3.05) is 20.2 Å². The van der Waals surface area contributed by atoms with Gasteiger partial charge in [0.15, 0.2) is 0 Å². The van der Waals surface area contributed by atoms with Crippen molar-refractivity contribution in [2.45, 2.75) is 83.8 Å². The van der Waals surface area contributed by atoms with Gasteiger partial charge in [-0.15, -0.1) is 0 Å². The molecule has 29 heavy (non-hydrogen) atoms. The van der Waals surface area contributed by atoms with E-state index < -0.39 is 0 Å². The van der Waals surface area contributed by atoms with Gasteiger partial charge in [0.1, 0.15) is 11.9 Å². The number of carbonyl (C=O) groups is 1. The van der Waals surface area contributed by atoms with E-state index in [1.165, 1.54) is 18.6 Å². The minimum Gasteiger partial charge on any atom is -0.391 e. The van der Waals surface area contributed by atoms with Crippen LogP contribution in [0.25, 0.3) is 0 Å². The lowest BCUT2D eigenvalue weighted by Gasteiger charge is -2.61. The normalized spacial score (nSPS) is 50.9. The van der Waals surface area contributed by atoms with E-state index in [2.05, 4.69) is 24.3 Å². The summed E-state index contributed by atoms with van der Waals surface area (Å²) in [4.78, 5) is 18.6. The van der Waals surface area contributed by atoms with Crippen molar-refractivity contribution in [1.82, 2.24) is 5.32 Å². The minimum atomic E-state index is -0.0917. The fraction of sp³-hybridized carbons (Fsp3) is 0.917. The Morgan fingerprint density at radius 1 is 1.10 bits per heavy atom. The maximum absolute atomic E-state index is 12.7. The van der Waals surface area contributed by atoms with Crippen molar-refractivity contribution in [2.24, 2.45) is 39.7 Å². The highest BCUT2D eigenvalue weighted by molar-refractivity contribution is 5.87. The van der Waals surface area contributed by atoms with Gasteiger partial charge in [-0.05, 0) is 80.6 Å². The summed E-state index contributed by atoms with van der Waals surface area (Å²) in [7, 11) is 1.89. The number of fused-ring (bicyclic) bond motifs is 5. The number of rotatable bonds is 3. The summed E-state index contributed by atoms with van der Waals surface area (Å²) in [5, 5.41) is 7.95. The molecule has 4 aliphatic carbocycles. The monoisotopic (exact) mass is 402 g/mol.